The second-order valence-electron chi connectivity index (χ2n) is 6.34. The van der Waals surface area contributed by atoms with Crippen molar-refractivity contribution in [3.63, 3.8) is 0 Å². The van der Waals surface area contributed by atoms with Crippen molar-refractivity contribution < 1.29 is 9.53 Å². The molecule has 5 nitrogen and oxygen atoms in total. The monoisotopic (exact) mass is 277 g/mol. The van der Waals surface area contributed by atoms with Gasteiger partial charge in [0.1, 0.15) is 5.82 Å². The van der Waals surface area contributed by atoms with E-state index in [1.807, 2.05) is 0 Å². The fourth-order valence-corrected chi connectivity index (χ4v) is 2.79. The van der Waals surface area contributed by atoms with E-state index in [2.05, 4.69) is 43.3 Å². The molecular formula is C15H23N3O2. The van der Waals surface area contributed by atoms with Gasteiger partial charge in [0.15, 0.2) is 0 Å². The van der Waals surface area contributed by atoms with Crippen molar-refractivity contribution in [1.29, 1.82) is 0 Å². The van der Waals surface area contributed by atoms with Crippen molar-refractivity contribution in [3.8, 4) is 0 Å². The summed E-state index contributed by atoms with van der Waals surface area (Å²) in [6.07, 6.45) is 2.55. The first-order chi connectivity index (χ1) is 9.25. The molecule has 1 aromatic rings. The van der Waals surface area contributed by atoms with Crippen LogP contribution in [0.5, 0.6) is 0 Å². The lowest BCUT2D eigenvalue weighted by Gasteiger charge is -2.28. The number of amides is 1. The molecule has 0 radical (unpaired) electrons. The van der Waals surface area contributed by atoms with Crippen molar-refractivity contribution in [1.82, 2.24) is 10.3 Å². The lowest BCUT2D eigenvalue weighted by atomic mass is 9.94. The van der Waals surface area contributed by atoms with Crippen LogP contribution in [0.4, 0.5) is 5.82 Å². The van der Waals surface area contributed by atoms with E-state index in [-0.39, 0.29) is 23.2 Å². The highest BCUT2D eigenvalue weighted by Crippen LogP contribution is 2.38. The normalized spacial score (nSPS) is 23.4. The Morgan fingerprint density at radius 1 is 1.40 bits per heavy atom. The highest BCUT2D eigenvalue weighted by atomic mass is 16.5. The van der Waals surface area contributed by atoms with Crippen molar-refractivity contribution in [3.05, 3.63) is 23.9 Å². The van der Waals surface area contributed by atoms with E-state index in [9.17, 15) is 4.79 Å². The largest absolute Gasteiger partial charge is 0.367 e. The number of ether oxygens (including phenoxy) is 1. The van der Waals surface area contributed by atoms with Gasteiger partial charge in [-0.1, -0.05) is 0 Å². The molecule has 1 fully saturated rings. The molecule has 0 saturated carbocycles. The molecule has 1 aliphatic rings. The minimum Gasteiger partial charge on any atom is -0.367 e. The third-order valence-electron chi connectivity index (χ3n) is 3.66. The lowest BCUT2D eigenvalue weighted by molar-refractivity contribution is -0.0662. The fraction of sp³-hybridized carbons (Fsp3) is 0.600. The van der Waals surface area contributed by atoms with Gasteiger partial charge in [-0.25, -0.2) is 4.98 Å². The van der Waals surface area contributed by atoms with Crippen molar-refractivity contribution in [2.75, 3.05) is 12.4 Å². The average Bonchev–Trinajstić information content (AvgIpc) is 2.57. The van der Waals surface area contributed by atoms with Crippen LogP contribution in [0, 0.1) is 0 Å². The molecule has 1 unspecified atom stereocenters. The number of hydrogen-bond acceptors (Lipinski definition) is 4. The third-order valence-corrected chi connectivity index (χ3v) is 3.66. The van der Waals surface area contributed by atoms with Crippen LogP contribution < -0.4 is 10.6 Å². The molecule has 2 rings (SSSR count). The Morgan fingerprint density at radius 3 is 2.65 bits per heavy atom. The van der Waals surface area contributed by atoms with Gasteiger partial charge in [0, 0.05) is 13.2 Å². The van der Waals surface area contributed by atoms with Crippen LogP contribution in [-0.2, 0) is 4.74 Å². The van der Waals surface area contributed by atoms with Crippen molar-refractivity contribution in [2.45, 2.75) is 51.4 Å². The summed E-state index contributed by atoms with van der Waals surface area (Å²) in [4.78, 5) is 16.2. The number of carbonyl (C=O) groups excluding carboxylic acids is 1. The molecule has 2 heterocycles. The number of aromatic nitrogens is 1. The Kier molecular flexibility index (Phi) is 3.73. The highest BCUT2D eigenvalue weighted by molar-refractivity contribution is 5.98. The van der Waals surface area contributed by atoms with Crippen LogP contribution in [0.3, 0.4) is 0 Å². The third kappa shape index (κ3) is 2.93. The first-order valence-corrected chi connectivity index (χ1v) is 6.89. The van der Waals surface area contributed by atoms with E-state index in [0.29, 0.717) is 11.4 Å². The van der Waals surface area contributed by atoms with Crippen molar-refractivity contribution in [2.24, 2.45) is 0 Å². The van der Waals surface area contributed by atoms with Crippen LogP contribution in [0.2, 0.25) is 0 Å². The number of anilines is 1. The molecule has 20 heavy (non-hydrogen) atoms. The summed E-state index contributed by atoms with van der Waals surface area (Å²) in [5.74, 6) is 0.461. The van der Waals surface area contributed by atoms with Gasteiger partial charge in [-0.05, 0) is 46.2 Å². The zero-order valence-electron chi connectivity index (χ0n) is 12.8. The molecule has 0 aliphatic carbocycles. The molecule has 0 spiro atoms. The van der Waals surface area contributed by atoms with E-state index in [1.54, 1.807) is 25.4 Å². The summed E-state index contributed by atoms with van der Waals surface area (Å²) in [6, 6.07) is 3.63. The fourth-order valence-electron chi connectivity index (χ4n) is 2.79. The molecule has 5 heteroatoms. The number of nitrogens with zero attached hydrogens (tertiary/aromatic N) is 1. The van der Waals surface area contributed by atoms with Gasteiger partial charge in [-0.3, -0.25) is 4.79 Å². The SMILES string of the molecule is CNC(=O)c1cccnc1NC1CC(C)(C)OC1(C)C. The predicted molar refractivity (Wildman–Crippen MR) is 78.9 cm³/mol. The highest BCUT2D eigenvalue weighted by Gasteiger charge is 2.46. The minimum atomic E-state index is -0.305. The summed E-state index contributed by atoms with van der Waals surface area (Å²) >= 11 is 0. The molecule has 1 amide bonds. The minimum absolute atomic E-state index is 0.107. The standard InChI is InChI=1S/C15H23N3O2/c1-14(2)9-11(15(3,4)20-14)18-12-10(13(19)16-5)7-6-8-17-12/h6-8,11H,9H2,1-5H3,(H,16,19)(H,17,18). The van der Waals surface area contributed by atoms with E-state index in [0.717, 1.165) is 6.42 Å². The van der Waals surface area contributed by atoms with Crippen molar-refractivity contribution >= 4 is 11.7 Å². The second kappa shape index (κ2) is 5.05. The Balaban J connectivity index is 2.25. The lowest BCUT2D eigenvalue weighted by Crippen LogP contribution is -2.39. The topological polar surface area (TPSA) is 63.2 Å². The number of hydrogen-bond donors (Lipinski definition) is 2. The van der Waals surface area contributed by atoms with E-state index in [4.69, 9.17) is 4.74 Å². The Morgan fingerprint density at radius 2 is 2.10 bits per heavy atom. The van der Waals surface area contributed by atoms with Gasteiger partial charge in [0.25, 0.3) is 5.91 Å². The maximum atomic E-state index is 11.9. The molecule has 2 N–H and O–H groups in total. The van der Waals surface area contributed by atoms with Crippen LogP contribution in [0.25, 0.3) is 0 Å². The Bertz CT molecular complexity index is 512. The number of nitrogens with one attached hydrogen (secondary N) is 2. The molecule has 1 aromatic heterocycles. The average molecular weight is 277 g/mol. The van der Waals surface area contributed by atoms with E-state index >= 15 is 0 Å². The first-order valence-electron chi connectivity index (χ1n) is 6.89. The molecule has 0 aromatic carbocycles. The molecule has 110 valence electrons. The smallest absolute Gasteiger partial charge is 0.254 e. The molecular weight excluding hydrogens is 254 g/mol. The van der Waals surface area contributed by atoms with Gasteiger partial charge in [0.2, 0.25) is 0 Å². The van der Waals surface area contributed by atoms with Crippen LogP contribution in [0.1, 0.15) is 44.5 Å². The van der Waals surface area contributed by atoms with E-state index in [1.165, 1.54) is 0 Å². The zero-order chi connectivity index (χ0) is 15.0. The second-order valence-corrected chi connectivity index (χ2v) is 6.34. The number of rotatable bonds is 3. The first kappa shape index (κ1) is 14.8. The molecule has 1 aliphatic heterocycles. The summed E-state index contributed by atoms with van der Waals surface area (Å²) in [5, 5.41) is 6.01. The summed E-state index contributed by atoms with van der Waals surface area (Å²) in [5.41, 5.74) is 0.0694. The molecule has 1 saturated heterocycles. The predicted octanol–water partition coefficient (Wildman–Crippen LogP) is 2.20. The van der Waals surface area contributed by atoms with Gasteiger partial charge in [0.05, 0.1) is 22.8 Å². The van der Waals surface area contributed by atoms with Gasteiger partial charge in [-0.2, -0.15) is 0 Å². The van der Waals surface area contributed by atoms with Gasteiger partial charge < -0.3 is 15.4 Å². The summed E-state index contributed by atoms with van der Waals surface area (Å²) in [7, 11) is 1.62. The maximum absolute atomic E-state index is 11.9. The quantitative estimate of drug-likeness (QED) is 0.889. The van der Waals surface area contributed by atoms with E-state index < -0.39 is 0 Å². The van der Waals surface area contributed by atoms with Gasteiger partial charge in [-0.15, -0.1) is 0 Å². The number of pyridine rings is 1. The Labute approximate surface area is 120 Å². The molecule has 1 atom stereocenters. The van der Waals surface area contributed by atoms with Crippen LogP contribution in [0.15, 0.2) is 18.3 Å². The summed E-state index contributed by atoms with van der Waals surface area (Å²) < 4.78 is 6.06. The van der Waals surface area contributed by atoms with Crippen LogP contribution in [-0.4, -0.2) is 35.2 Å². The molecule has 0 bridgehead atoms. The summed E-state index contributed by atoms with van der Waals surface area (Å²) in [6.45, 7) is 8.27. The zero-order valence-corrected chi connectivity index (χ0v) is 12.8. The number of carbonyl (C=O) groups is 1. The van der Waals surface area contributed by atoms with Gasteiger partial charge >= 0.3 is 0 Å². The Hall–Kier alpha value is -1.62. The maximum Gasteiger partial charge on any atom is 0.254 e. The van der Waals surface area contributed by atoms with Crippen LogP contribution >= 0.6 is 0 Å².